The second-order valence-corrected chi connectivity index (χ2v) is 2.65. The standard InChI is InChI=1S/C6H12N2OS/c1-4(6(9)7-3)8-5(2)10/h4H,1-3H3,(H,7,9)(H,8,10). The molecule has 0 bridgehead atoms. The number of hydrogen-bond donors (Lipinski definition) is 2. The third kappa shape index (κ3) is 3.40. The van der Waals surface area contributed by atoms with Crippen LogP contribution in [0.15, 0.2) is 0 Å². The summed E-state index contributed by atoms with van der Waals surface area (Å²) in [6.07, 6.45) is 0. The van der Waals surface area contributed by atoms with Gasteiger partial charge in [-0.2, -0.15) is 0 Å². The number of nitrogens with one attached hydrogen (secondary N) is 2. The van der Waals surface area contributed by atoms with Gasteiger partial charge in [-0.3, -0.25) is 4.79 Å². The van der Waals surface area contributed by atoms with Gasteiger partial charge in [0.15, 0.2) is 0 Å². The zero-order valence-electron chi connectivity index (χ0n) is 6.39. The zero-order chi connectivity index (χ0) is 8.15. The van der Waals surface area contributed by atoms with Crippen LogP contribution in [0, 0.1) is 0 Å². The fraction of sp³-hybridized carbons (Fsp3) is 0.667. The summed E-state index contributed by atoms with van der Waals surface area (Å²) in [6, 6.07) is -0.234. The maximum Gasteiger partial charge on any atom is 0.241 e. The maximum absolute atomic E-state index is 10.8. The number of carbonyl (C=O) groups is 1. The molecule has 0 radical (unpaired) electrons. The summed E-state index contributed by atoms with van der Waals surface area (Å²) in [5.74, 6) is -0.0517. The van der Waals surface area contributed by atoms with E-state index in [-0.39, 0.29) is 11.9 Å². The number of rotatable bonds is 2. The molecule has 0 aromatic heterocycles. The second-order valence-electron chi connectivity index (χ2n) is 2.04. The Morgan fingerprint density at radius 1 is 1.60 bits per heavy atom. The molecule has 58 valence electrons. The van der Waals surface area contributed by atoms with Crippen LogP contribution in [0.3, 0.4) is 0 Å². The molecule has 0 aliphatic heterocycles. The van der Waals surface area contributed by atoms with E-state index in [1.807, 2.05) is 0 Å². The van der Waals surface area contributed by atoms with E-state index in [1.165, 1.54) is 0 Å². The lowest BCUT2D eigenvalue weighted by molar-refractivity contribution is -0.121. The van der Waals surface area contributed by atoms with Crippen LogP contribution in [0.2, 0.25) is 0 Å². The van der Waals surface area contributed by atoms with Crippen LogP contribution < -0.4 is 10.6 Å². The summed E-state index contributed by atoms with van der Waals surface area (Å²) in [5.41, 5.74) is 0. The quantitative estimate of drug-likeness (QED) is 0.561. The Labute approximate surface area is 66.2 Å². The molecule has 0 aliphatic rings. The molecule has 0 saturated heterocycles. The van der Waals surface area contributed by atoms with Gasteiger partial charge in [0, 0.05) is 7.05 Å². The van der Waals surface area contributed by atoms with E-state index in [9.17, 15) is 4.79 Å². The Balaban J connectivity index is 3.72. The van der Waals surface area contributed by atoms with Crippen LogP contribution in [-0.4, -0.2) is 24.0 Å². The molecule has 10 heavy (non-hydrogen) atoms. The van der Waals surface area contributed by atoms with Crippen LogP contribution in [-0.2, 0) is 4.79 Å². The molecule has 0 rings (SSSR count). The van der Waals surface area contributed by atoms with Gasteiger partial charge in [0.2, 0.25) is 5.91 Å². The summed E-state index contributed by atoms with van der Waals surface area (Å²) < 4.78 is 0. The van der Waals surface area contributed by atoms with Gasteiger partial charge < -0.3 is 10.6 Å². The highest BCUT2D eigenvalue weighted by Crippen LogP contribution is 1.81. The van der Waals surface area contributed by atoms with Crippen molar-refractivity contribution in [3.8, 4) is 0 Å². The molecule has 3 nitrogen and oxygen atoms in total. The molecule has 0 spiro atoms. The van der Waals surface area contributed by atoms with Crippen molar-refractivity contribution in [2.24, 2.45) is 0 Å². The summed E-state index contributed by atoms with van der Waals surface area (Å²) in [5, 5.41) is 5.32. The van der Waals surface area contributed by atoms with Crippen LogP contribution in [0.4, 0.5) is 0 Å². The molecule has 0 aromatic rings. The highest BCUT2D eigenvalue weighted by molar-refractivity contribution is 7.80. The fourth-order valence-electron chi connectivity index (χ4n) is 0.587. The first-order valence-corrected chi connectivity index (χ1v) is 3.47. The smallest absolute Gasteiger partial charge is 0.241 e. The van der Waals surface area contributed by atoms with E-state index in [0.29, 0.717) is 4.99 Å². The van der Waals surface area contributed by atoms with Crippen LogP contribution in [0.1, 0.15) is 13.8 Å². The average molecular weight is 160 g/mol. The summed E-state index contributed by atoms with van der Waals surface area (Å²) in [7, 11) is 1.60. The molecule has 2 N–H and O–H groups in total. The third-order valence-electron chi connectivity index (χ3n) is 1.06. The van der Waals surface area contributed by atoms with Crippen molar-refractivity contribution < 1.29 is 4.79 Å². The molecule has 0 heterocycles. The molecule has 1 unspecified atom stereocenters. The average Bonchev–Trinajstić information content (AvgIpc) is 1.85. The molecular formula is C6H12N2OS. The first kappa shape index (κ1) is 9.36. The van der Waals surface area contributed by atoms with Crippen molar-refractivity contribution >= 4 is 23.1 Å². The lowest BCUT2D eigenvalue weighted by Crippen LogP contribution is -2.42. The van der Waals surface area contributed by atoms with Crippen LogP contribution in [0.25, 0.3) is 0 Å². The van der Waals surface area contributed by atoms with Crippen molar-refractivity contribution in [1.29, 1.82) is 0 Å². The van der Waals surface area contributed by atoms with E-state index in [2.05, 4.69) is 10.6 Å². The number of likely N-dealkylation sites (N-methyl/N-ethyl adjacent to an activating group) is 1. The molecule has 4 heteroatoms. The lowest BCUT2D eigenvalue weighted by atomic mass is 10.3. The van der Waals surface area contributed by atoms with E-state index < -0.39 is 0 Å². The van der Waals surface area contributed by atoms with Gasteiger partial charge in [-0.05, 0) is 13.8 Å². The van der Waals surface area contributed by atoms with E-state index in [1.54, 1.807) is 20.9 Å². The first-order valence-electron chi connectivity index (χ1n) is 3.06. The highest BCUT2D eigenvalue weighted by Gasteiger charge is 2.08. The van der Waals surface area contributed by atoms with E-state index in [0.717, 1.165) is 0 Å². The van der Waals surface area contributed by atoms with Gasteiger partial charge in [-0.1, -0.05) is 12.2 Å². The number of thiocarbonyl (C=S) groups is 1. The minimum atomic E-state index is -0.234. The highest BCUT2D eigenvalue weighted by atomic mass is 32.1. The van der Waals surface area contributed by atoms with Crippen molar-refractivity contribution in [2.75, 3.05) is 7.05 Å². The minimum absolute atomic E-state index is 0.0517. The van der Waals surface area contributed by atoms with Crippen molar-refractivity contribution in [3.05, 3.63) is 0 Å². The Morgan fingerprint density at radius 3 is 2.40 bits per heavy atom. The molecular weight excluding hydrogens is 148 g/mol. The molecule has 0 saturated carbocycles. The topological polar surface area (TPSA) is 41.1 Å². The molecule has 1 amide bonds. The lowest BCUT2D eigenvalue weighted by Gasteiger charge is -2.11. The maximum atomic E-state index is 10.8. The van der Waals surface area contributed by atoms with Gasteiger partial charge in [-0.15, -0.1) is 0 Å². The third-order valence-corrected chi connectivity index (χ3v) is 1.18. The largest absolute Gasteiger partial charge is 0.369 e. The number of carbonyl (C=O) groups excluding carboxylic acids is 1. The van der Waals surface area contributed by atoms with Gasteiger partial charge in [0.05, 0.1) is 4.99 Å². The predicted molar refractivity (Wildman–Crippen MR) is 44.9 cm³/mol. The Kier molecular flexibility index (Phi) is 3.95. The summed E-state index contributed by atoms with van der Waals surface area (Å²) in [4.78, 5) is 11.4. The zero-order valence-corrected chi connectivity index (χ0v) is 7.21. The summed E-state index contributed by atoms with van der Waals surface area (Å²) >= 11 is 4.75. The molecule has 0 aromatic carbocycles. The monoisotopic (exact) mass is 160 g/mol. The molecule has 0 fully saturated rings. The van der Waals surface area contributed by atoms with Gasteiger partial charge in [-0.25, -0.2) is 0 Å². The Bertz CT molecular complexity index is 147. The Morgan fingerprint density at radius 2 is 2.10 bits per heavy atom. The second kappa shape index (κ2) is 4.22. The van der Waals surface area contributed by atoms with Gasteiger partial charge >= 0.3 is 0 Å². The molecule has 0 aliphatic carbocycles. The van der Waals surface area contributed by atoms with Crippen LogP contribution in [0.5, 0.6) is 0 Å². The van der Waals surface area contributed by atoms with Gasteiger partial charge in [0.25, 0.3) is 0 Å². The predicted octanol–water partition coefficient (Wildman–Crippen LogP) is 0.0578. The molecule has 1 atom stereocenters. The fourth-order valence-corrected chi connectivity index (χ4v) is 0.764. The SMILES string of the molecule is CNC(=O)C(C)NC(C)=S. The first-order chi connectivity index (χ1) is 4.57. The van der Waals surface area contributed by atoms with Crippen molar-refractivity contribution in [1.82, 2.24) is 10.6 Å². The minimum Gasteiger partial charge on any atom is -0.369 e. The Hall–Kier alpha value is -0.640. The van der Waals surface area contributed by atoms with Crippen LogP contribution >= 0.6 is 12.2 Å². The number of amides is 1. The van der Waals surface area contributed by atoms with E-state index in [4.69, 9.17) is 12.2 Å². The van der Waals surface area contributed by atoms with Crippen molar-refractivity contribution in [3.63, 3.8) is 0 Å². The number of hydrogen-bond acceptors (Lipinski definition) is 2. The summed E-state index contributed by atoms with van der Waals surface area (Å²) in [6.45, 7) is 3.50. The normalized spacial score (nSPS) is 11.9. The van der Waals surface area contributed by atoms with Gasteiger partial charge in [0.1, 0.15) is 6.04 Å². The van der Waals surface area contributed by atoms with Crippen molar-refractivity contribution in [2.45, 2.75) is 19.9 Å². The van der Waals surface area contributed by atoms with E-state index >= 15 is 0 Å².